The van der Waals surface area contributed by atoms with E-state index in [9.17, 15) is 10.1 Å². The first-order valence-electron chi connectivity index (χ1n) is 9.37. The number of fused-ring (bicyclic) bond motifs is 2. The number of nitro groups is 1. The zero-order valence-electron chi connectivity index (χ0n) is 16.3. The number of hydrogen-bond acceptors (Lipinski definition) is 10. The fraction of sp³-hybridized carbons (Fsp3) is 0.150. The van der Waals surface area contributed by atoms with Gasteiger partial charge in [0.25, 0.3) is 0 Å². The SMILES string of the molecule is Cc1ccc2nc(Nc3ncnc(Nc4ccc5c(c4)OCCO5)c3[N+](=O)[O-])sc2c1. The van der Waals surface area contributed by atoms with Crippen LogP contribution in [0.25, 0.3) is 10.2 Å². The lowest BCUT2D eigenvalue weighted by Gasteiger charge is -2.19. The van der Waals surface area contributed by atoms with Crippen LogP contribution in [0.15, 0.2) is 42.7 Å². The maximum Gasteiger partial charge on any atom is 0.353 e. The molecule has 0 saturated carbocycles. The molecule has 0 amide bonds. The standard InChI is InChI=1S/C20H16N6O4S/c1-11-2-4-13-16(8-11)31-20(24-13)25-19-17(26(27)28)18(21-10-22-19)23-12-3-5-14-15(9-12)30-7-6-29-14/h2-5,8-10H,6-7H2,1H3,(H2,21,22,23,24,25). The molecule has 0 saturated heterocycles. The van der Waals surface area contributed by atoms with Crippen molar-refractivity contribution in [1.82, 2.24) is 15.0 Å². The summed E-state index contributed by atoms with van der Waals surface area (Å²) in [5, 5.41) is 18.3. The number of hydrogen-bond donors (Lipinski definition) is 2. The summed E-state index contributed by atoms with van der Waals surface area (Å²) in [6.07, 6.45) is 1.26. The van der Waals surface area contributed by atoms with Gasteiger partial charge in [-0.15, -0.1) is 0 Å². The van der Waals surface area contributed by atoms with Crippen molar-refractivity contribution in [3.05, 3.63) is 58.4 Å². The van der Waals surface area contributed by atoms with Gasteiger partial charge in [0.05, 0.1) is 15.1 Å². The van der Waals surface area contributed by atoms with E-state index in [-0.39, 0.29) is 17.3 Å². The number of anilines is 4. The van der Waals surface area contributed by atoms with Crippen molar-refractivity contribution in [3.8, 4) is 11.5 Å². The minimum atomic E-state index is -0.528. The molecule has 1 aliphatic rings. The monoisotopic (exact) mass is 436 g/mol. The molecule has 31 heavy (non-hydrogen) atoms. The van der Waals surface area contributed by atoms with Crippen molar-refractivity contribution >= 4 is 49.7 Å². The van der Waals surface area contributed by atoms with E-state index in [2.05, 4.69) is 25.6 Å². The van der Waals surface area contributed by atoms with Gasteiger partial charge in [-0.2, -0.15) is 0 Å². The summed E-state index contributed by atoms with van der Waals surface area (Å²) < 4.78 is 12.1. The molecule has 156 valence electrons. The van der Waals surface area contributed by atoms with Crippen LogP contribution in [0.4, 0.5) is 28.1 Å². The molecule has 0 aliphatic carbocycles. The van der Waals surface area contributed by atoms with Crippen molar-refractivity contribution in [2.45, 2.75) is 6.92 Å². The van der Waals surface area contributed by atoms with Gasteiger partial charge >= 0.3 is 5.69 Å². The van der Waals surface area contributed by atoms with E-state index in [0.717, 1.165) is 15.8 Å². The van der Waals surface area contributed by atoms with Gasteiger partial charge in [-0.1, -0.05) is 17.4 Å². The van der Waals surface area contributed by atoms with Gasteiger partial charge in [0.15, 0.2) is 16.6 Å². The predicted molar refractivity (Wildman–Crippen MR) is 117 cm³/mol. The van der Waals surface area contributed by atoms with Crippen LogP contribution in [-0.2, 0) is 0 Å². The number of benzene rings is 2. The van der Waals surface area contributed by atoms with Crippen LogP contribution in [-0.4, -0.2) is 33.1 Å². The molecule has 0 atom stereocenters. The Bertz CT molecular complexity index is 1310. The number of nitrogens with zero attached hydrogens (tertiary/aromatic N) is 4. The number of aryl methyl sites for hydroxylation is 1. The molecule has 3 heterocycles. The van der Waals surface area contributed by atoms with E-state index >= 15 is 0 Å². The second kappa shape index (κ2) is 7.69. The fourth-order valence-electron chi connectivity index (χ4n) is 3.18. The lowest BCUT2D eigenvalue weighted by atomic mass is 10.2. The molecule has 10 nitrogen and oxygen atoms in total. The Balaban J connectivity index is 1.47. The Hall–Kier alpha value is -3.99. The Morgan fingerprint density at radius 2 is 1.81 bits per heavy atom. The van der Waals surface area contributed by atoms with Gasteiger partial charge < -0.3 is 20.1 Å². The molecule has 0 unspecified atom stereocenters. The molecule has 0 spiro atoms. The first kappa shape index (κ1) is 19.0. The van der Waals surface area contributed by atoms with Gasteiger partial charge in [-0.3, -0.25) is 10.1 Å². The van der Waals surface area contributed by atoms with Crippen molar-refractivity contribution in [1.29, 1.82) is 0 Å². The van der Waals surface area contributed by atoms with E-state index in [0.29, 0.717) is 35.5 Å². The third-order valence-electron chi connectivity index (χ3n) is 4.58. The van der Waals surface area contributed by atoms with Crippen LogP contribution < -0.4 is 20.1 Å². The highest BCUT2D eigenvalue weighted by Gasteiger charge is 2.24. The lowest BCUT2D eigenvalue weighted by molar-refractivity contribution is -0.383. The van der Waals surface area contributed by atoms with Crippen LogP contribution in [0.5, 0.6) is 11.5 Å². The van der Waals surface area contributed by atoms with Gasteiger partial charge in [-0.25, -0.2) is 15.0 Å². The number of aromatic nitrogens is 3. The van der Waals surface area contributed by atoms with E-state index in [1.807, 2.05) is 25.1 Å². The third-order valence-corrected chi connectivity index (χ3v) is 5.51. The quantitative estimate of drug-likeness (QED) is 0.342. The number of ether oxygens (including phenoxy) is 2. The van der Waals surface area contributed by atoms with Crippen molar-refractivity contribution < 1.29 is 14.4 Å². The summed E-state index contributed by atoms with van der Waals surface area (Å²) in [5.74, 6) is 1.30. The summed E-state index contributed by atoms with van der Waals surface area (Å²) in [6.45, 7) is 2.93. The number of nitrogens with one attached hydrogen (secondary N) is 2. The molecule has 11 heteroatoms. The minimum Gasteiger partial charge on any atom is -0.486 e. The molecule has 1 aliphatic heterocycles. The number of thiazole rings is 1. The molecule has 0 radical (unpaired) electrons. The van der Waals surface area contributed by atoms with Crippen molar-refractivity contribution in [2.75, 3.05) is 23.8 Å². The molecular weight excluding hydrogens is 420 g/mol. The predicted octanol–water partition coefficient (Wildman–Crippen LogP) is 4.56. The summed E-state index contributed by atoms with van der Waals surface area (Å²) >= 11 is 1.40. The van der Waals surface area contributed by atoms with Crippen LogP contribution in [0, 0.1) is 17.0 Å². The number of rotatable bonds is 5. The minimum absolute atomic E-state index is 0.0517. The Morgan fingerprint density at radius 1 is 1.03 bits per heavy atom. The maximum absolute atomic E-state index is 11.9. The van der Waals surface area contributed by atoms with E-state index in [1.54, 1.807) is 18.2 Å². The Morgan fingerprint density at radius 3 is 2.61 bits per heavy atom. The van der Waals surface area contributed by atoms with Crippen molar-refractivity contribution in [3.63, 3.8) is 0 Å². The highest BCUT2D eigenvalue weighted by atomic mass is 32.1. The smallest absolute Gasteiger partial charge is 0.353 e. The topological polar surface area (TPSA) is 124 Å². The molecule has 0 fully saturated rings. The van der Waals surface area contributed by atoms with Crippen LogP contribution in [0.3, 0.4) is 0 Å². The van der Waals surface area contributed by atoms with E-state index in [4.69, 9.17) is 9.47 Å². The normalized spacial score (nSPS) is 12.5. The zero-order chi connectivity index (χ0) is 21.4. The average Bonchev–Trinajstić information content (AvgIpc) is 3.15. The average molecular weight is 436 g/mol. The lowest BCUT2D eigenvalue weighted by Crippen LogP contribution is -2.15. The summed E-state index contributed by atoms with van der Waals surface area (Å²) in [5.41, 5.74) is 2.21. The van der Waals surface area contributed by atoms with E-state index in [1.165, 1.54) is 17.7 Å². The molecule has 2 aromatic carbocycles. The largest absolute Gasteiger partial charge is 0.486 e. The first-order chi connectivity index (χ1) is 15.1. The molecule has 4 aromatic rings. The van der Waals surface area contributed by atoms with Gasteiger partial charge in [0.2, 0.25) is 11.6 Å². The van der Waals surface area contributed by atoms with Crippen LogP contribution in [0.2, 0.25) is 0 Å². The van der Waals surface area contributed by atoms with E-state index < -0.39 is 4.92 Å². The summed E-state index contributed by atoms with van der Waals surface area (Å²) in [7, 11) is 0. The molecule has 2 aromatic heterocycles. The van der Waals surface area contributed by atoms with Gasteiger partial charge in [0, 0.05) is 11.8 Å². The van der Waals surface area contributed by atoms with Crippen molar-refractivity contribution in [2.24, 2.45) is 0 Å². The molecular formula is C20H16N6O4S. The van der Waals surface area contributed by atoms with Gasteiger partial charge in [-0.05, 0) is 36.8 Å². The highest BCUT2D eigenvalue weighted by Crippen LogP contribution is 2.37. The first-order valence-corrected chi connectivity index (χ1v) is 10.2. The molecule has 0 bridgehead atoms. The third kappa shape index (κ3) is 3.78. The van der Waals surface area contributed by atoms with Crippen LogP contribution in [0.1, 0.15) is 5.56 Å². The zero-order valence-corrected chi connectivity index (χ0v) is 17.1. The second-order valence-corrected chi connectivity index (χ2v) is 7.81. The summed E-state index contributed by atoms with van der Waals surface area (Å²) in [6, 6.07) is 11.1. The Kier molecular flexibility index (Phi) is 4.71. The molecule has 2 N–H and O–H groups in total. The summed E-state index contributed by atoms with van der Waals surface area (Å²) in [4.78, 5) is 24.0. The highest BCUT2D eigenvalue weighted by molar-refractivity contribution is 7.22. The van der Waals surface area contributed by atoms with Crippen LogP contribution >= 0.6 is 11.3 Å². The second-order valence-electron chi connectivity index (χ2n) is 6.78. The molecule has 5 rings (SSSR count). The fourth-order valence-corrected chi connectivity index (χ4v) is 4.14. The van der Waals surface area contributed by atoms with Gasteiger partial charge in [0.1, 0.15) is 19.5 Å². The Labute approximate surface area is 180 Å². The maximum atomic E-state index is 11.9.